The third kappa shape index (κ3) is 2.48. The van der Waals surface area contributed by atoms with E-state index in [1.165, 1.54) is 0 Å². The highest BCUT2D eigenvalue weighted by atomic mass is 79.9. The average Bonchev–Trinajstić information content (AvgIpc) is 3.07. The number of benzene rings is 1. The fourth-order valence-electron chi connectivity index (χ4n) is 1.76. The minimum atomic E-state index is -0.800. The molecule has 1 aromatic rings. The molecule has 0 aromatic heterocycles. The zero-order valence-electron chi connectivity index (χ0n) is 9.57. The highest BCUT2D eigenvalue weighted by molar-refractivity contribution is 9.10. The number of primary amides is 1. The summed E-state index contributed by atoms with van der Waals surface area (Å²) in [4.78, 5) is 22.3. The minimum Gasteiger partial charge on any atom is -0.481 e. The van der Waals surface area contributed by atoms with Crippen molar-refractivity contribution in [3.05, 3.63) is 28.2 Å². The Hall–Kier alpha value is -1.56. The Labute approximate surface area is 112 Å². The number of nitrogens with two attached hydrogens (primary N) is 1. The van der Waals surface area contributed by atoms with Crippen LogP contribution in [0.3, 0.4) is 0 Å². The van der Waals surface area contributed by atoms with E-state index in [0.717, 1.165) is 4.47 Å². The summed E-state index contributed by atoms with van der Waals surface area (Å²) in [6.07, 6.45) is 1.32. The van der Waals surface area contributed by atoms with E-state index >= 15 is 0 Å². The Balaban J connectivity index is 2.16. The van der Waals surface area contributed by atoms with Gasteiger partial charge in [-0.25, -0.2) is 0 Å². The molecule has 4 N–H and O–H groups in total. The van der Waals surface area contributed by atoms with E-state index in [-0.39, 0.29) is 0 Å². The molecular weight excluding hydrogens is 300 g/mol. The third-order valence-electron chi connectivity index (χ3n) is 3.17. The summed E-state index contributed by atoms with van der Waals surface area (Å²) >= 11 is 3.30. The fourth-order valence-corrected chi connectivity index (χ4v) is 2.12. The first-order valence-corrected chi connectivity index (χ1v) is 6.30. The Morgan fingerprint density at radius 2 is 2.11 bits per heavy atom. The molecule has 0 aliphatic heterocycles. The maximum Gasteiger partial charge on any atom is 0.311 e. The lowest BCUT2D eigenvalue weighted by molar-refractivity contribution is -0.142. The Bertz CT molecular complexity index is 512. The summed E-state index contributed by atoms with van der Waals surface area (Å²) in [6.45, 7) is 0.305. The molecule has 0 unspecified atom stereocenters. The summed E-state index contributed by atoms with van der Waals surface area (Å²) in [5.74, 6) is -1.34. The maximum absolute atomic E-state index is 11.3. The smallest absolute Gasteiger partial charge is 0.311 e. The van der Waals surface area contributed by atoms with Crippen molar-refractivity contribution < 1.29 is 14.7 Å². The van der Waals surface area contributed by atoms with Crippen LogP contribution in [0.2, 0.25) is 0 Å². The number of carboxylic acids is 1. The molecule has 0 spiro atoms. The van der Waals surface area contributed by atoms with Gasteiger partial charge in [-0.2, -0.15) is 0 Å². The van der Waals surface area contributed by atoms with Gasteiger partial charge < -0.3 is 16.2 Å². The van der Waals surface area contributed by atoms with Crippen LogP contribution >= 0.6 is 15.9 Å². The molecule has 0 bridgehead atoms. The van der Waals surface area contributed by atoms with Crippen LogP contribution in [-0.4, -0.2) is 23.5 Å². The lowest BCUT2D eigenvalue weighted by atomic mass is 10.1. The lowest BCUT2D eigenvalue weighted by Crippen LogP contribution is -2.25. The number of anilines is 1. The van der Waals surface area contributed by atoms with Gasteiger partial charge in [0.25, 0.3) is 5.91 Å². The fraction of sp³-hybridized carbons (Fsp3) is 0.333. The predicted octanol–water partition coefficient (Wildman–Crippen LogP) is 1.82. The number of amides is 1. The van der Waals surface area contributed by atoms with Gasteiger partial charge >= 0.3 is 5.97 Å². The van der Waals surface area contributed by atoms with E-state index in [2.05, 4.69) is 21.2 Å². The average molecular weight is 313 g/mol. The molecular formula is C12H13BrN2O3. The molecule has 5 nitrogen and oxygen atoms in total. The largest absolute Gasteiger partial charge is 0.481 e. The molecule has 1 aromatic carbocycles. The van der Waals surface area contributed by atoms with E-state index in [1.54, 1.807) is 18.2 Å². The number of rotatable bonds is 5. The number of carboxylic acid groups (broad SMARTS) is 1. The van der Waals surface area contributed by atoms with Gasteiger partial charge in [0.2, 0.25) is 0 Å². The van der Waals surface area contributed by atoms with Crippen molar-refractivity contribution in [3.8, 4) is 0 Å². The van der Waals surface area contributed by atoms with Crippen LogP contribution in [0.15, 0.2) is 22.7 Å². The zero-order valence-corrected chi connectivity index (χ0v) is 11.2. The molecule has 1 amide bonds. The molecule has 2 rings (SSSR count). The molecule has 18 heavy (non-hydrogen) atoms. The van der Waals surface area contributed by atoms with E-state index in [0.29, 0.717) is 30.6 Å². The highest BCUT2D eigenvalue weighted by Crippen LogP contribution is 2.46. The molecule has 0 heterocycles. The molecule has 0 radical (unpaired) electrons. The highest BCUT2D eigenvalue weighted by Gasteiger charge is 2.50. The second-order valence-electron chi connectivity index (χ2n) is 4.49. The standard InChI is InChI=1S/C12H13BrN2O3/c13-7-1-2-8(10(14)16)9(5-7)15-6-12(3-4-12)11(17)18/h1-2,5,15H,3-4,6H2,(H2,14,16)(H,17,18). The van der Waals surface area contributed by atoms with Gasteiger partial charge in [-0.3, -0.25) is 9.59 Å². The molecule has 1 aliphatic rings. The monoisotopic (exact) mass is 312 g/mol. The molecule has 1 fully saturated rings. The van der Waals surface area contributed by atoms with Crippen molar-refractivity contribution in [2.24, 2.45) is 11.1 Å². The van der Waals surface area contributed by atoms with E-state index in [9.17, 15) is 9.59 Å². The molecule has 6 heteroatoms. The topological polar surface area (TPSA) is 92.4 Å². The summed E-state index contributed by atoms with van der Waals surface area (Å²) in [5, 5.41) is 12.1. The number of halogens is 1. The second-order valence-corrected chi connectivity index (χ2v) is 5.41. The molecule has 96 valence electrons. The number of carbonyl (C=O) groups excluding carboxylic acids is 1. The van der Waals surface area contributed by atoms with Crippen molar-refractivity contribution >= 4 is 33.5 Å². The van der Waals surface area contributed by atoms with E-state index in [4.69, 9.17) is 10.8 Å². The van der Waals surface area contributed by atoms with Crippen molar-refractivity contribution in [3.63, 3.8) is 0 Å². The SMILES string of the molecule is NC(=O)c1ccc(Br)cc1NCC1(C(=O)O)CC1. The van der Waals surface area contributed by atoms with Gasteiger partial charge in [0.1, 0.15) is 0 Å². The van der Waals surface area contributed by atoms with Gasteiger partial charge in [0, 0.05) is 16.7 Å². The van der Waals surface area contributed by atoms with Crippen LogP contribution in [0.4, 0.5) is 5.69 Å². The van der Waals surface area contributed by atoms with Crippen LogP contribution in [-0.2, 0) is 4.79 Å². The molecule has 1 aliphatic carbocycles. The van der Waals surface area contributed by atoms with Gasteiger partial charge in [0.05, 0.1) is 11.0 Å². The third-order valence-corrected chi connectivity index (χ3v) is 3.66. The van der Waals surface area contributed by atoms with Gasteiger partial charge in [-0.15, -0.1) is 0 Å². The number of hydrogen-bond acceptors (Lipinski definition) is 3. The Morgan fingerprint density at radius 3 is 2.61 bits per heavy atom. The Morgan fingerprint density at radius 1 is 1.44 bits per heavy atom. The second kappa shape index (κ2) is 4.61. The maximum atomic E-state index is 11.3. The first-order valence-electron chi connectivity index (χ1n) is 5.51. The van der Waals surface area contributed by atoms with Crippen LogP contribution in [0, 0.1) is 5.41 Å². The predicted molar refractivity (Wildman–Crippen MR) is 70.5 cm³/mol. The van der Waals surface area contributed by atoms with Crippen LogP contribution < -0.4 is 11.1 Å². The minimum absolute atomic E-state index is 0.305. The summed E-state index contributed by atoms with van der Waals surface area (Å²) < 4.78 is 0.801. The normalized spacial score (nSPS) is 16.1. The van der Waals surface area contributed by atoms with Gasteiger partial charge in [0.15, 0.2) is 0 Å². The summed E-state index contributed by atoms with van der Waals surface area (Å²) in [7, 11) is 0. The van der Waals surface area contributed by atoms with Crippen molar-refractivity contribution in [1.82, 2.24) is 0 Å². The van der Waals surface area contributed by atoms with Crippen LogP contribution in [0.25, 0.3) is 0 Å². The van der Waals surface area contributed by atoms with Crippen LogP contribution in [0.5, 0.6) is 0 Å². The number of hydrogen-bond donors (Lipinski definition) is 3. The van der Waals surface area contributed by atoms with Crippen molar-refractivity contribution in [1.29, 1.82) is 0 Å². The summed E-state index contributed by atoms with van der Waals surface area (Å²) in [6, 6.07) is 5.04. The van der Waals surface area contributed by atoms with Crippen molar-refractivity contribution in [2.45, 2.75) is 12.8 Å². The van der Waals surface area contributed by atoms with E-state index < -0.39 is 17.3 Å². The summed E-state index contributed by atoms with van der Waals surface area (Å²) in [5.41, 5.74) is 5.51. The number of nitrogens with one attached hydrogen (secondary N) is 1. The Kier molecular flexibility index (Phi) is 3.30. The molecule has 1 saturated carbocycles. The lowest BCUT2D eigenvalue weighted by Gasteiger charge is -2.14. The first-order chi connectivity index (χ1) is 8.44. The number of carbonyl (C=O) groups is 2. The van der Waals surface area contributed by atoms with Crippen molar-refractivity contribution in [2.75, 3.05) is 11.9 Å². The first kappa shape index (κ1) is 12.9. The van der Waals surface area contributed by atoms with E-state index in [1.807, 2.05) is 0 Å². The molecule has 0 saturated heterocycles. The zero-order chi connectivity index (χ0) is 13.3. The number of aliphatic carboxylic acids is 1. The molecule has 0 atom stereocenters. The van der Waals surface area contributed by atoms with Gasteiger partial charge in [-0.1, -0.05) is 15.9 Å². The quantitative estimate of drug-likeness (QED) is 0.773. The van der Waals surface area contributed by atoms with Crippen LogP contribution in [0.1, 0.15) is 23.2 Å². The van der Waals surface area contributed by atoms with Gasteiger partial charge in [-0.05, 0) is 31.0 Å².